The number of aliphatic carboxylic acids is 1. The van der Waals surface area contributed by atoms with E-state index < -0.39 is 5.97 Å². The van der Waals surface area contributed by atoms with E-state index in [1.165, 1.54) is 12.8 Å². The largest absolute Gasteiger partial charge is 0.481 e. The van der Waals surface area contributed by atoms with Gasteiger partial charge in [0.2, 0.25) is 5.91 Å². The third kappa shape index (κ3) is 10.3. The fourth-order valence-electron chi connectivity index (χ4n) is 2.42. The molecule has 0 saturated carbocycles. The highest BCUT2D eigenvalue weighted by Gasteiger charge is 2.22. The molecule has 21 heavy (non-hydrogen) atoms. The zero-order chi connectivity index (χ0) is 16.1. The Kier molecular flexibility index (Phi) is 12.0. The number of carboxylic acid groups (broad SMARTS) is 1. The van der Waals surface area contributed by atoms with E-state index in [0.717, 1.165) is 37.2 Å². The van der Waals surface area contributed by atoms with Crippen LogP contribution in [0.1, 0.15) is 78.1 Å². The number of carbonyl (C=O) groups excluding carboxylic acids is 1. The first-order chi connectivity index (χ1) is 10.0. The molecule has 0 fully saturated rings. The minimum absolute atomic E-state index is 0.0808. The van der Waals surface area contributed by atoms with E-state index in [-0.39, 0.29) is 24.8 Å². The number of hydroxylamine groups is 2. The second-order valence-electron chi connectivity index (χ2n) is 5.65. The molecule has 0 aromatic carbocycles. The minimum atomic E-state index is -0.842. The van der Waals surface area contributed by atoms with Crippen molar-refractivity contribution in [3.05, 3.63) is 0 Å². The van der Waals surface area contributed by atoms with Crippen LogP contribution in [0.5, 0.6) is 0 Å². The summed E-state index contributed by atoms with van der Waals surface area (Å²) < 4.78 is 0. The summed E-state index contributed by atoms with van der Waals surface area (Å²) in [6.07, 6.45) is 8.15. The third-order valence-corrected chi connectivity index (χ3v) is 3.66. The Hall–Kier alpha value is -1.10. The molecule has 0 radical (unpaired) electrons. The molecule has 124 valence electrons. The first-order valence-electron chi connectivity index (χ1n) is 8.24. The SMILES string of the molecule is CCCCCCC(CCC)C(=O)N(O)CCCCC(=O)O. The molecule has 1 unspecified atom stereocenters. The van der Waals surface area contributed by atoms with E-state index in [1.807, 2.05) is 6.92 Å². The molecule has 0 aliphatic rings. The van der Waals surface area contributed by atoms with E-state index >= 15 is 0 Å². The number of nitrogens with zero attached hydrogens (tertiary/aromatic N) is 1. The van der Waals surface area contributed by atoms with Crippen molar-refractivity contribution in [2.75, 3.05) is 6.54 Å². The van der Waals surface area contributed by atoms with Crippen LogP contribution in [0, 0.1) is 5.92 Å². The Morgan fingerprint density at radius 3 is 2.24 bits per heavy atom. The maximum Gasteiger partial charge on any atom is 0.303 e. The van der Waals surface area contributed by atoms with Gasteiger partial charge in [-0.05, 0) is 25.7 Å². The summed E-state index contributed by atoms with van der Waals surface area (Å²) in [6.45, 7) is 4.42. The summed E-state index contributed by atoms with van der Waals surface area (Å²) >= 11 is 0. The van der Waals surface area contributed by atoms with Crippen LogP contribution in [0.3, 0.4) is 0 Å². The number of unbranched alkanes of at least 4 members (excludes halogenated alkanes) is 4. The normalized spacial score (nSPS) is 12.1. The molecule has 0 aromatic rings. The van der Waals surface area contributed by atoms with E-state index in [2.05, 4.69) is 6.92 Å². The molecular weight excluding hydrogens is 270 g/mol. The van der Waals surface area contributed by atoms with Gasteiger partial charge in [0, 0.05) is 18.9 Å². The number of amides is 1. The monoisotopic (exact) mass is 301 g/mol. The van der Waals surface area contributed by atoms with Crippen LogP contribution in [-0.4, -0.2) is 33.8 Å². The van der Waals surface area contributed by atoms with Gasteiger partial charge in [0.05, 0.1) is 0 Å². The van der Waals surface area contributed by atoms with E-state index in [9.17, 15) is 14.8 Å². The van der Waals surface area contributed by atoms with Crippen LogP contribution in [0.15, 0.2) is 0 Å². The van der Waals surface area contributed by atoms with Crippen molar-refractivity contribution in [2.24, 2.45) is 5.92 Å². The van der Waals surface area contributed by atoms with Crippen molar-refractivity contribution in [1.29, 1.82) is 0 Å². The molecule has 5 heteroatoms. The molecule has 1 atom stereocenters. The quantitative estimate of drug-likeness (QED) is 0.308. The molecule has 5 nitrogen and oxygen atoms in total. The molecule has 1 amide bonds. The topological polar surface area (TPSA) is 77.8 Å². The number of hydrogen-bond acceptors (Lipinski definition) is 3. The van der Waals surface area contributed by atoms with Crippen molar-refractivity contribution in [3.8, 4) is 0 Å². The van der Waals surface area contributed by atoms with Gasteiger partial charge in [-0.1, -0.05) is 46.0 Å². The minimum Gasteiger partial charge on any atom is -0.481 e. The van der Waals surface area contributed by atoms with Gasteiger partial charge in [-0.3, -0.25) is 14.8 Å². The van der Waals surface area contributed by atoms with Crippen LogP contribution in [0.25, 0.3) is 0 Å². The van der Waals surface area contributed by atoms with Gasteiger partial charge in [0.15, 0.2) is 0 Å². The Labute approximate surface area is 128 Å². The predicted molar refractivity (Wildman–Crippen MR) is 82.1 cm³/mol. The molecule has 2 N–H and O–H groups in total. The summed E-state index contributed by atoms with van der Waals surface area (Å²) in [5.41, 5.74) is 0. The lowest BCUT2D eigenvalue weighted by molar-refractivity contribution is -0.171. The highest BCUT2D eigenvalue weighted by molar-refractivity contribution is 5.77. The van der Waals surface area contributed by atoms with Crippen LogP contribution >= 0.6 is 0 Å². The van der Waals surface area contributed by atoms with Gasteiger partial charge in [-0.15, -0.1) is 0 Å². The fraction of sp³-hybridized carbons (Fsp3) is 0.875. The van der Waals surface area contributed by atoms with Gasteiger partial charge in [0.1, 0.15) is 0 Å². The van der Waals surface area contributed by atoms with Crippen molar-refractivity contribution in [2.45, 2.75) is 78.1 Å². The standard InChI is InChI=1S/C16H31NO4/c1-3-5-6-7-11-14(10-4-2)16(20)17(21)13-9-8-12-15(18)19/h14,21H,3-13H2,1-2H3,(H,18,19). The second-order valence-corrected chi connectivity index (χ2v) is 5.65. The van der Waals surface area contributed by atoms with Crippen LogP contribution in [0.2, 0.25) is 0 Å². The van der Waals surface area contributed by atoms with E-state index in [1.54, 1.807) is 0 Å². The highest BCUT2D eigenvalue weighted by Crippen LogP contribution is 2.18. The number of hydrogen-bond donors (Lipinski definition) is 2. The van der Waals surface area contributed by atoms with Gasteiger partial charge in [-0.2, -0.15) is 0 Å². The molecule has 0 bridgehead atoms. The zero-order valence-corrected chi connectivity index (χ0v) is 13.5. The third-order valence-electron chi connectivity index (χ3n) is 3.66. The highest BCUT2D eigenvalue weighted by atomic mass is 16.5. The van der Waals surface area contributed by atoms with Crippen molar-refractivity contribution in [3.63, 3.8) is 0 Å². The average molecular weight is 301 g/mol. The Morgan fingerprint density at radius 2 is 1.67 bits per heavy atom. The smallest absolute Gasteiger partial charge is 0.303 e. The van der Waals surface area contributed by atoms with Gasteiger partial charge in [0.25, 0.3) is 0 Å². The number of carbonyl (C=O) groups is 2. The second kappa shape index (κ2) is 12.6. The lowest BCUT2D eigenvalue weighted by Crippen LogP contribution is -2.34. The molecule has 0 spiro atoms. The van der Waals surface area contributed by atoms with Gasteiger partial charge >= 0.3 is 5.97 Å². The first kappa shape index (κ1) is 19.9. The first-order valence-corrected chi connectivity index (χ1v) is 8.24. The van der Waals surface area contributed by atoms with E-state index in [0.29, 0.717) is 12.8 Å². The summed E-state index contributed by atoms with van der Waals surface area (Å²) in [5, 5.41) is 19.2. The summed E-state index contributed by atoms with van der Waals surface area (Å²) in [5.74, 6) is -1.15. The Morgan fingerprint density at radius 1 is 0.952 bits per heavy atom. The maximum atomic E-state index is 12.2. The van der Waals surface area contributed by atoms with Crippen LogP contribution in [-0.2, 0) is 9.59 Å². The Balaban J connectivity index is 4.08. The average Bonchev–Trinajstić information content (AvgIpc) is 2.45. The molecule has 0 aromatic heterocycles. The summed E-state index contributed by atoms with van der Waals surface area (Å²) in [7, 11) is 0. The molecular formula is C16H31NO4. The van der Waals surface area contributed by atoms with Gasteiger partial charge in [-0.25, -0.2) is 5.06 Å². The molecule has 0 aliphatic carbocycles. The summed E-state index contributed by atoms with van der Waals surface area (Å²) in [6, 6.07) is 0. The molecule has 0 saturated heterocycles. The fourth-order valence-corrected chi connectivity index (χ4v) is 2.42. The predicted octanol–water partition coefficient (Wildman–Crippen LogP) is 3.85. The number of rotatable bonds is 13. The van der Waals surface area contributed by atoms with Crippen LogP contribution < -0.4 is 0 Å². The molecule has 0 aliphatic heterocycles. The molecule has 0 rings (SSSR count). The summed E-state index contributed by atoms with van der Waals surface area (Å²) in [4.78, 5) is 22.6. The van der Waals surface area contributed by atoms with Crippen LogP contribution in [0.4, 0.5) is 0 Å². The zero-order valence-electron chi connectivity index (χ0n) is 13.5. The van der Waals surface area contributed by atoms with E-state index in [4.69, 9.17) is 5.11 Å². The maximum absolute atomic E-state index is 12.2. The lowest BCUT2D eigenvalue weighted by Gasteiger charge is -2.21. The molecule has 0 heterocycles. The Bertz CT molecular complexity index is 294. The van der Waals surface area contributed by atoms with Crippen molar-refractivity contribution < 1.29 is 19.9 Å². The number of carboxylic acids is 1. The van der Waals surface area contributed by atoms with Crippen molar-refractivity contribution >= 4 is 11.9 Å². The van der Waals surface area contributed by atoms with Crippen molar-refractivity contribution in [1.82, 2.24) is 5.06 Å². The van der Waals surface area contributed by atoms with Gasteiger partial charge < -0.3 is 5.11 Å². The lowest BCUT2D eigenvalue weighted by atomic mass is 9.95.